The molecule has 0 aliphatic rings. The molecule has 7 heteroatoms. The Bertz CT molecular complexity index is 661. The smallest absolute Gasteiger partial charge is 0.231 e. The molecule has 0 fully saturated rings. The summed E-state index contributed by atoms with van der Waals surface area (Å²) in [6.45, 7) is 4.94. The summed E-state index contributed by atoms with van der Waals surface area (Å²) in [6, 6.07) is 3.87. The lowest BCUT2D eigenvalue weighted by atomic mass is 10.2. The van der Waals surface area contributed by atoms with Gasteiger partial charge in [-0.2, -0.15) is 11.8 Å². The number of ether oxygens (including phenoxy) is 1. The van der Waals surface area contributed by atoms with Crippen LogP contribution in [0.4, 0.5) is 5.00 Å². The molecule has 0 radical (unpaired) electrons. The van der Waals surface area contributed by atoms with E-state index in [0.717, 1.165) is 27.0 Å². The summed E-state index contributed by atoms with van der Waals surface area (Å²) in [7, 11) is 1.65. The van der Waals surface area contributed by atoms with E-state index in [2.05, 4.69) is 9.97 Å². The lowest BCUT2D eigenvalue weighted by Crippen LogP contribution is -2.38. The molecule has 2 rings (SSSR count). The standard InChI is InChI=1S/C17H23N3O2S2/c1-12(11-23-4)16(21)20(8-9-22-3)17-13(2)19-15(24-17)14-6-5-7-18-10-14/h5-7,10,12H,8-9,11H2,1-4H3. The third-order valence-corrected chi connectivity index (χ3v) is 5.61. The van der Waals surface area contributed by atoms with E-state index in [1.54, 1.807) is 31.3 Å². The lowest BCUT2D eigenvalue weighted by Gasteiger charge is -2.24. The van der Waals surface area contributed by atoms with Crippen LogP contribution < -0.4 is 4.90 Å². The molecular weight excluding hydrogens is 342 g/mol. The number of thiazole rings is 1. The molecule has 0 saturated heterocycles. The molecule has 5 nitrogen and oxygen atoms in total. The van der Waals surface area contributed by atoms with Crippen LogP contribution in [0.15, 0.2) is 24.5 Å². The fraction of sp³-hybridized carbons (Fsp3) is 0.471. The lowest BCUT2D eigenvalue weighted by molar-refractivity contribution is -0.121. The van der Waals surface area contributed by atoms with Crippen molar-refractivity contribution in [2.45, 2.75) is 13.8 Å². The molecular formula is C17H23N3O2S2. The summed E-state index contributed by atoms with van der Waals surface area (Å²) in [5.74, 6) is 0.876. The van der Waals surface area contributed by atoms with Crippen LogP contribution in [0.5, 0.6) is 0 Å². The van der Waals surface area contributed by atoms with Crippen LogP contribution in [0.3, 0.4) is 0 Å². The van der Waals surface area contributed by atoms with Crippen LogP contribution in [0, 0.1) is 12.8 Å². The SMILES string of the molecule is COCCN(C(=O)C(C)CSC)c1sc(-c2cccnc2)nc1C. The summed E-state index contributed by atoms with van der Waals surface area (Å²) in [5, 5.41) is 1.77. The molecule has 0 aromatic carbocycles. The summed E-state index contributed by atoms with van der Waals surface area (Å²) in [5.41, 5.74) is 1.83. The quantitative estimate of drug-likeness (QED) is 0.717. The Morgan fingerprint density at radius 2 is 2.29 bits per heavy atom. The van der Waals surface area contributed by atoms with Crippen molar-refractivity contribution in [2.75, 3.05) is 37.2 Å². The van der Waals surface area contributed by atoms with Crippen molar-refractivity contribution in [3.8, 4) is 10.6 Å². The zero-order valence-corrected chi connectivity index (χ0v) is 16.1. The van der Waals surface area contributed by atoms with E-state index in [1.165, 1.54) is 11.3 Å². The van der Waals surface area contributed by atoms with Gasteiger partial charge in [0.05, 0.1) is 18.8 Å². The largest absolute Gasteiger partial charge is 0.383 e. The van der Waals surface area contributed by atoms with Gasteiger partial charge in [0.2, 0.25) is 5.91 Å². The average Bonchev–Trinajstić information content (AvgIpc) is 2.98. The molecule has 1 amide bonds. The Kier molecular flexibility index (Phi) is 7.20. The maximum Gasteiger partial charge on any atom is 0.231 e. The Morgan fingerprint density at radius 1 is 1.50 bits per heavy atom. The maximum atomic E-state index is 12.9. The second kappa shape index (κ2) is 9.15. The molecule has 0 saturated carbocycles. The van der Waals surface area contributed by atoms with Gasteiger partial charge in [0, 0.05) is 36.7 Å². The number of rotatable bonds is 8. The van der Waals surface area contributed by atoms with Gasteiger partial charge in [0.25, 0.3) is 0 Å². The van der Waals surface area contributed by atoms with E-state index in [-0.39, 0.29) is 11.8 Å². The van der Waals surface area contributed by atoms with Gasteiger partial charge in [-0.15, -0.1) is 0 Å². The van der Waals surface area contributed by atoms with Crippen molar-refractivity contribution in [1.29, 1.82) is 0 Å². The number of amides is 1. The third-order valence-electron chi connectivity index (χ3n) is 3.55. The predicted octanol–water partition coefficient (Wildman–Crippen LogP) is 3.49. The first-order valence-corrected chi connectivity index (χ1v) is 9.96. The van der Waals surface area contributed by atoms with Crippen molar-refractivity contribution in [2.24, 2.45) is 5.92 Å². The minimum Gasteiger partial charge on any atom is -0.383 e. The average molecular weight is 366 g/mol. The van der Waals surface area contributed by atoms with Gasteiger partial charge in [-0.3, -0.25) is 14.7 Å². The Labute approximate surface area is 151 Å². The van der Waals surface area contributed by atoms with Gasteiger partial charge < -0.3 is 4.74 Å². The number of anilines is 1. The van der Waals surface area contributed by atoms with Gasteiger partial charge >= 0.3 is 0 Å². The van der Waals surface area contributed by atoms with Gasteiger partial charge in [-0.05, 0) is 25.3 Å². The monoisotopic (exact) mass is 365 g/mol. The van der Waals surface area contributed by atoms with Crippen molar-refractivity contribution in [1.82, 2.24) is 9.97 Å². The predicted molar refractivity (Wildman–Crippen MR) is 102 cm³/mol. The van der Waals surface area contributed by atoms with E-state index in [4.69, 9.17) is 4.74 Å². The molecule has 0 aliphatic carbocycles. The van der Waals surface area contributed by atoms with Crippen LogP contribution in [0.25, 0.3) is 10.6 Å². The number of methoxy groups -OCH3 is 1. The van der Waals surface area contributed by atoms with E-state index in [9.17, 15) is 4.79 Å². The van der Waals surface area contributed by atoms with Crippen molar-refractivity contribution < 1.29 is 9.53 Å². The molecule has 2 aromatic rings. The number of aryl methyl sites for hydroxylation is 1. The molecule has 0 spiro atoms. The van der Waals surface area contributed by atoms with Gasteiger partial charge in [-0.25, -0.2) is 4.98 Å². The summed E-state index contributed by atoms with van der Waals surface area (Å²) < 4.78 is 5.19. The zero-order valence-electron chi connectivity index (χ0n) is 14.5. The highest BCUT2D eigenvalue weighted by Gasteiger charge is 2.25. The number of carbonyl (C=O) groups is 1. The number of carbonyl (C=O) groups excluding carboxylic acids is 1. The van der Waals surface area contributed by atoms with Crippen LogP contribution in [0.2, 0.25) is 0 Å². The normalized spacial score (nSPS) is 12.2. The molecule has 130 valence electrons. The molecule has 2 heterocycles. The van der Waals surface area contributed by atoms with Crippen LogP contribution in [-0.2, 0) is 9.53 Å². The van der Waals surface area contributed by atoms with E-state index in [0.29, 0.717) is 13.2 Å². The van der Waals surface area contributed by atoms with Gasteiger partial charge in [0.15, 0.2) is 0 Å². The topological polar surface area (TPSA) is 55.3 Å². The molecule has 0 bridgehead atoms. The second-order valence-corrected chi connectivity index (χ2v) is 7.38. The first-order valence-electron chi connectivity index (χ1n) is 7.75. The fourth-order valence-electron chi connectivity index (χ4n) is 2.33. The molecule has 0 N–H and O–H groups in total. The third kappa shape index (κ3) is 4.55. The molecule has 1 unspecified atom stereocenters. The number of pyridine rings is 1. The summed E-state index contributed by atoms with van der Waals surface area (Å²) >= 11 is 3.21. The minimum atomic E-state index is -0.0415. The van der Waals surface area contributed by atoms with Crippen LogP contribution in [0.1, 0.15) is 12.6 Å². The van der Waals surface area contributed by atoms with Crippen molar-refractivity contribution in [3.63, 3.8) is 0 Å². The first kappa shape index (κ1) is 18.9. The van der Waals surface area contributed by atoms with E-state index >= 15 is 0 Å². The highest BCUT2D eigenvalue weighted by atomic mass is 32.2. The zero-order chi connectivity index (χ0) is 17.5. The van der Waals surface area contributed by atoms with Gasteiger partial charge in [-0.1, -0.05) is 18.3 Å². The summed E-state index contributed by atoms with van der Waals surface area (Å²) in [6.07, 6.45) is 5.55. The molecule has 0 aliphatic heterocycles. The first-order chi connectivity index (χ1) is 11.6. The summed E-state index contributed by atoms with van der Waals surface area (Å²) in [4.78, 5) is 23.5. The molecule has 2 aromatic heterocycles. The Balaban J connectivity index is 2.32. The number of hydrogen-bond donors (Lipinski definition) is 0. The van der Waals surface area contributed by atoms with Crippen LogP contribution >= 0.6 is 23.1 Å². The highest BCUT2D eigenvalue weighted by molar-refractivity contribution is 7.98. The number of thioether (sulfide) groups is 1. The Hall–Kier alpha value is -1.44. The van der Waals surface area contributed by atoms with Gasteiger partial charge in [0.1, 0.15) is 10.0 Å². The van der Waals surface area contributed by atoms with Crippen LogP contribution in [-0.4, -0.2) is 48.1 Å². The number of hydrogen-bond acceptors (Lipinski definition) is 6. The fourth-order valence-corrected chi connectivity index (χ4v) is 4.06. The maximum absolute atomic E-state index is 12.9. The van der Waals surface area contributed by atoms with E-state index in [1.807, 2.05) is 37.1 Å². The molecule has 24 heavy (non-hydrogen) atoms. The Morgan fingerprint density at radius 3 is 2.92 bits per heavy atom. The minimum absolute atomic E-state index is 0.0415. The highest BCUT2D eigenvalue weighted by Crippen LogP contribution is 2.34. The number of aromatic nitrogens is 2. The molecule has 1 atom stereocenters. The van der Waals surface area contributed by atoms with Crippen molar-refractivity contribution >= 4 is 34.0 Å². The van der Waals surface area contributed by atoms with Crippen molar-refractivity contribution in [3.05, 3.63) is 30.2 Å². The van der Waals surface area contributed by atoms with E-state index < -0.39 is 0 Å². The second-order valence-electron chi connectivity index (χ2n) is 5.49. The number of nitrogens with zero attached hydrogens (tertiary/aromatic N) is 3.